The fourth-order valence-electron chi connectivity index (χ4n) is 1.59. The standard InChI is InChI=1S/C9H15FN6O2/c1-5(18-6(2-10)3-17)16-9-7(14-15-16)8(11)12-4-13-9/h4-6,14-15,17H,2-3H2,1H3,(H2,11,12,13)/t5-,6+/m1/s1. The third-order valence-corrected chi connectivity index (χ3v) is 2.51. The number of hydrazine groups is 2. The molecule has 2 heterocycles. The summed E-state index contributed by atoms with van der Waals surface area (Å²) in [6.45, 7) is 0.544. The molecule has 18 heavy (non-hydrogen) atoms. The first kappa shape index (κ1) is 12.7. The van der Waals surface area contributed by atoms with Crippen molar-refractivity contribution in [2.75, 3.05) is 29.4 Å². The molecule has 0 radical (unpaired) electrons. The lowest BCUT2D eigenvalue weighted by molar-refractivity contribution is -0.0450. The fourth-order valence-corrected chi connectivity index (χ4v) is 1.59. The van der Waals surface area contributed by atoms with Gasteiger partial charge in [0.15, 0.2) is 11.6 Å². The zero-order valence-electron chi connectivity index (χ0n) is 9.80. The number of nitrogens with one attached hydrogen (secondary N) is 2. The first-order chi connectivity index (χ1) is 8.67. The number of ether oxygens (including phenoxy) is 1. The lowest BCUT2D eigenvalue weighted by Crippen LogP contribution is -2.46. The van der Waals surface area contributed by atoms with Crippen molar-refractivity contribution >= 4 is 17.3 Å². The second-order valence-electron chi connectivity index (χ2n) is 3.76. The summed E-state index contributed by atoms with van der Waals surface area (Å²) in [4.78, 5) is 7.89. The molecule has 100 valence electrons. The van der Waals surface area contributed by atoms with E-state index in [9.17, 15) is 4.39 Å². The Bertz CT molecular complexity index is 416. The van der Waals surface area contributed by atoms with Crippen molar-refractivity contribution in [3.05, 3.63) is 6.33 Å². The van der Waals surface area contributed by atoms with E-state index in [1.165, 1.54) is 11.3 Å². The maximum atomic E-state index is 12.5. The fraction of sp³-hybridized carbons (Fsp3) is 0.556. The minimum atomic E-state index is -0.870. The summed E-state index contributed by atoms with van der Waals surface area (Å²) >= 11 is 0. The molecular formula is C9H15FN6O2. The molecule has 0 bridgehead atoms. The molecule has 0 spiro atoms. The van der Waals surface area contributed by atoms with Gasteiger partial charge in [-0.05, 0) is 6.92 Å². The summed E-state index contributed by atoms with van der Waals surface area (Å²) in [5.74, 6) is 0.803. The highest BCUT2D eigenvalue weighted by Crippen LogP contribution is 2.31. The van der Waals surface area contributed by atoms with Crippen LogP contribution >= 0.6 is 0 Å². The molecule has 0 aromatic carbocycles. The second-order valence-corrected chi connectivity index (χ2v) is 3.76. The van der Waals surface area contributed by atoms with E-state index < -0.39 is 19.0 Å². The van der Waals surface area contributed by atoms with Gasteiger partial charge in [-0.25, -0.2) is 19.4 Å². The van der Waals surface area contributed by atoms with Crippen LogP contribution in [0.4, 0.5) is 21.7 Å². The number of anilines is 3. The van der Waals surface area contributed by atoms with Crippen LogP contribution in [-0.4, -0.2) is 40.7 Å². The number of halogens is 1. The first-order valence-corrected chi connectivity index (χ1v) is 5.41. The molecule has 8 nitrogen and oxygen atoms in total. The van der Waals surface area contributed by atoms with E-state index in [4.69, 9.17) is 15.6 Å². The topological polar surface area (TPSA) is 109 Å². The van der Waals surface area contributed by atoms with E-state index in [1.54, 1.807) is 6.92 Å². The maximum Gasteiger partial charge on any atom is 0.177 e. The Kier molecular flexibility index (Phi) is 3.75. The number of hydrogen-bond acceptors (Lipinski definition) is 8. The van der Waals surface area contributed by atoms with Crippen LogP contribution in [-0.2, 0) is 4.74 Å². The molecular weight excluding hydrogens is 243 g/mol. The average Bonchev–Trinajstić information content (AvgIpc) is 2.81. The van der Waals surface area contributed by atoms with Crippen molar-refractivity contribution in [2.45, 2.75) is 19.3 Å². The molecule has 0 aliphatic carbocycles. The number of alkyl halides is 1. The number of nitrogens with two attached hydrogens (primary N) is 1. The van der Waals surface area contributed by atoms with Gasteiger partial charge in [0.1, 0.15) is 31.0 Å². The van der Waals surface area contributed by atoms with Gasteiger partial charge in [0.2, 0.25) is 0 Å². The van der Waals surface area contributed by atoms with Gasteiger partial charge in [-0.3, -0.25) is 5.43 Å². The van der Waals surface area contributed by atoms with Crippen LogP contribution in [0, 0.1) is 0 Å². The van der Waals surface area contributed by atoms with E-state index in [0.717, 1.165) is 0 Å². The third kappa shape index (κ3) is 2.28. The molecule has 0 saturated carbocycles. The Morgan fingerprint density at radius 3 is 3.06 bits per heavy atom. The second kappa shape index (κ2) is 5.29. The molecule has 0 amide bonds. The number of nitrogens with zero attached hydrogens (tertiary/aromatic N) is 3. The lowest BCUT2D eigenvalue weighted by Gasteiger charge is -2.27. The summed E-state index contributed by atoms with van der Waals surface area (Å²) in [5, 5.41) is 10.4. The third-order valence-electron chi connectivity index (χ3n) is 2.51. The van der Waals surface area contributed by atoms with Crippen LogP contribution in [0.5, 0.6) is 0 Å². The maximum absolute atomic E-state index is 12.5. The number of nitrogen functional groups attached to an aromatic ring is 1. The molecule has 5 N–H and O–H groups in total. The van der Waals surface area contributed by atoms with Gasteiger partial charge in [-0.2, -0.15) is 0 Å². The van der Waals surface area contributed by atoms with Crippen LogP contribution in [0.15, 0.2) is 6.33 Å². The van der Waals surface area contributed by atoms with Gasteiger partial charge in [0, 0.05) is 0 Å². The van der Waals surface area contributed by atoms with Crippen LogP contribution in [0.3, 0.4) is 0 Å². The minimum absolute atomic E-state index is 0.298. The summed E-state index contributed by atoms with van der Waals surface area (Å²) < 4.78 is 17.8. The van der Waals surface area contributed by atoms with Gasteiger partial charge >= 0.3 is 0 Å². The van der Waals surface area contributed by atoms with E-state index >= 15 is 0 Å². The van der Waals surface area contributed by atoms with Crippen LogP contribution in [0.1, 0.15) is 6.92 Å². The molecule has 1 aromatic heterocycles. The summed E-state index contributed by atoms with van der Waals surface area (Å²) in [6.07, 6.45) is -0.0904. The Hall–Kier alpha value is -1.71. The number of aliphatic hydroxyl groups excluding tert-OH is 1. The number of aromatic nitrogens is 2. The van der Waals surface area contributed by atoms with Crippen LogP contribution in [0.25, 0.3) is 0 Å². The van der Waals surface area contributed by atoms with Gasteiger partial charge in [0.05, 0.1) is 6.61 Å². The first-order valence-electron chi connectivity index (χ1n) is 5.41. The highest BCUT2D eigenvalue weighted by atomic mass is 19.1. The summed E-state index contributed by atoms with van der Waals surface area (Å²) in [6, 6.07) is 0. The van der Waals surface area contributed by atoms with Gasteiger partial charge in [-0.1, -0.05) is 0 Å². The lowest BCUT2D eigenvalue weighted by atomic mass is 10.4. The Balaban J connectivity index is 2.11. The van der Waals surface area contributed by atoms with Crippen molar-refractivity contribution in [1.82, 2.24) is 15.5 Å². The minimum Gasteiger partial charge on any atom is -0.394 e. The SMILES string of the molecule is C[C@@H](O[C@H](CO)CF)N1NNc2c(N)ncnc21. The summed E-state index contributed by atoms with van der Waals surface area (Å²) in [7, 11) is 0. The predicted molar refractivity (Wildman–Crippen MR) is 63.1 cm³/mol. The molecule has 1 aromatic rings. The number of aliphatic hydroxyl groups is 1. The van der Waals surface area contributed by atoms with Crippen molar-refractivity contribution in [1.29, 1.82) is 0 Å². The molecule has 0 unspecified atom stereocenters. The molecule has 9 heteroatoms. The quantitative estimate of drug-likeness (QED) is 0.554. The number of hydrogen-bond donors (Lipinski definition) is 4. The smallest absolute Gasteiger partial charge is 0.177 e. The van der Waals surface area contributed by atoms with Gasteiger partial charge < -0.3 is 15.6 Å². The van der Waals surface area contributed by atoms with Crippen molar-refractivity contribution < 1.29 is 14.2 Å². The normalized spacial score (nSPS) is 17.2. The van der Waals surface area contributed by atoms with Crippen LogP contribution in [0.2, 0.25) is 0 Å². The Labute approximate surface area is 103 Å². The molecule has 1 aliphatic heterocycles. The molecule has 2 rings (SSSR count). The van der Waals surface area contributed by atoms with E-state index in [0.29, 0.717) is 17.3 Å². The monoisotopic (exact) mass is 258 g/mol. The van der Waals surface area contributed by atoms with Crippen LogP contribution < -0.4 is 21.7 Å². The zero-order chi connectivity index (χ0) is 13.1. The highest BCUT2D eigenvalue weighted by Gasteiger charge is 2.28. The average molecular weight is 258 g/mol. The Morgan fingerprint density at radius 1 is 1.61 bits per heavy atom. The Morgan fingerprint density at radius 2 is 2.39 bits per heavy atom. The summed E-state index contributed by atoms with van der Waals surface area (Å²) in [5.41, 5.74) is 11.8. The predicted octanol–water partition coefficient (Wildman–Crippen LogP) is -0.597. The molecule has 1 aliphatic rings. The van der Waals surface area contributed by atoms with E-state index in [-0.39, 0.29) is 6.61 Å². The highest BCUT2D eigenvalue weighted by molar-refractivity contribution is 5.78. The molecule has 0 saturated heterocycles. The number of rotatable bonds is 5. The van der Waals surface area contributed by atoms with E-state index in [1.807, 2.05) is 0 Å². The zero-order valence-corrected chi connectivity index (χ0v) is 9.80. The van der Waals surface area contributed by atoms with Gasteiger partial charge in [0.25, 0.3) is 0 Å². The van der Waals surface area contributed by atoms with Crippen molar-refractivity contribution in [3.8, 4) is 0 Å². The van der Waals surface area contributed by atoms with E-state index in [2.05, 4.69) is 20.9 Å². The number of fused-ring (bicyclic) bond motifs is 1. The largest absolute Gasteiger partial charge is 0.394 e. The van der Waals surface area contributed by atoms with Gasteiger partial charge in [-0.15, -0.1) is 5.53 Å². The van der Waals surface area contributed by atoms with Crippen molar-refractivity contribution in [2.24, 2.45) is 0 Å². The van der Waals surface area contributed by atoms with Crippen molar-refractivity contribution in [3.63, 3.8) is 0 Å². The molecule has 2 atom stereocenters. The molecule has 0 fully saturated rings.